The number of nitrogens with zero attached hydrogens (tertiary/aromatic N) is 3. The van der Waals surface area contributed by atoms with E-state index in [0.717, 1.165) is 5.56 Å². The van der Waals surface area contributed by atoms with Crippen LogP contribution in [0, 0.1) is 0 Å². The zero-order chi connectivity index (χ0) is 17.3. The van der Waals surface area contributed by atoms with E-state index in [2.05, 4.69) is 15.0 Å². The first-order valence-corrected chi connectivity index (χ1v) is 7.79. The fraction of sp³-hybridized carbons (Fsp3) is 0.421. The Hall–Kier alpha value is -2.23. The second-order valence-electron chi connectivity index (χ2n) is 7.75. The summed E-state index contributed by atoms with van der Waals surface area (Å²) in [4.78, 5) is 13.2. The molecular formula is C19H25N3O. The van der Waals surface area contributed by atoms with Crippen molar-refractivity contribution in [3.8, 4) is 5.75 Å². The van der Waals surface area contributed by atoms with Crippen molar-refractivity contribution in [2.24, 2.45) is 0 Å². The molecular weight excluding hydrogens is 286 g/mol. The summed E-state index contributed by atoms with van der Waals surface area (Å²) >= 11 is 0. The van der Waals surface area contributed by atoms with Crippen LogP contribution in [0.2, 0.25) is 0 Å². The van der Waals surface area contributed by atoms with Crippen LogP contribution < -0.4 is 0 Å². The van der Waals surface area contributed by atoms with Gasteiger partial charge >= 0.3 is 0 Å². The van der Waals surface area contributed by atoms with Crippen LogP contribution in [0.25, 0.3) is 12.2 Å². The number of rotatable bonds is 2. The highest BCUT2D eigenvalue weighted by Crippen LogP contribution is 2.36. The summed E-state index contributed by atoms with van der Waals surface area (Å²) in [5, 5.41) is 10.6. The molecule has 0 aliphatic rings. The molecule has 2 heterocycles. The molecule has 23 heavy (non-hydrogen) atoms. The van der Waals surface area contributed by atoms with Crippen LogP contribution in [-0.2, 0) is 10.8 Å². The third kappa shape index (κ3) is 4.15. The van der Waals surface area contributed by atoms with Crippen molar-refractivity contribution in [2.45, 2.75) is 52.4 Å². The van der Waals surface area contributed by atoms with Gasteiger partial charge in [0.15, 0.2) is 11.6 Å². The second-order valence-corrected chi connectivity index (χ2v) is 7.75. The predicted molar refractivity (Wildman–Crippen MR) is 94.3 cm³/mol. The van der Waals surface area contributed by atoms with Gasteiger partial charge in [0, 0.05) is 23.2 Å². The number of hydrogen-bond donors (Lipinski definition) is 1. The molecule has 2 rings (SSSR count). The summed E-state index contributed by atoms with van der Waals surface area (Å²) < 4.78 is 0. The Morgan fingerprint density at radius 3 is 1.91 bits per heavy atom. The molecule has 4 nitrogen and oxygen atoms in total. The van der Waals surface area contributed by atoms with E-state index in [0.29, 0.717) is 17.2 Å². The average molecular weight is 311 g/mol. The van der Waals surface area contributed by atoms with Crippen LogP contribution in [0.3, 0.4) is 0 Å². The Balaban J connectivity index is 2.54. The molecule has 0 aromatic carbocycles. The predicted octanol–water partition coefficient (Wildman–Crippen LogP) is 4.34. The average Bonchev–Trinajstić information content (AvgIpc) is 2.44. The first kappa shape index (κ1) is 17.1. The maximum atomic E-state index is 10.6. The Bertz CT molecular complexity index is 673. The highest BCUT2D eigenvalue weighted by atomic mass is 16.3. The van der Waals surface area contributed by atoms with Gasteiger partial charge in [-0.2, -0.15) is 0 Å². The van der Waals surface area contributed by atoms with E-state index in [1.807, 2.05) is 65.8 Å². The van der Waals surface area contributed by atoms with Crippen molar-refractivity contribution in [1.82, 2.24) is 15.0 Å². The van der Waals surface area contributed by atoms with E-state index in [1.54, 1.807) is 12.4 Å². The van der Waals surface area contributed by atoms with Gasteiger partial charge in [-0.05, 0) is 23.8 Å². The molecule has 0 aliphatic heterocycles. The molecule has 0 radical (unpaired) electrons. The molecule has 2 aromatic heterocycles. The van der Waals surface area contributed by atoms with Crippen LogP contribution in [-0.4, -0.2) is 20.1 Å². The standard InChI is InChI=1S/C19H25N3O/c1-18(2,3)16-15(23)17(19(4,5)6)22-14(21-16)10-9-13-8-7-11-20-12-13/h7-12,23H,1-6H3/b10-9+. The Kier molecular flexibility index (Phi) is 4.55. The Labute approximate surface area is 138 Å². The molecule has 1 N–H and O–H groups in total. The van der Waals surface area contributed by atoms with E-state index in [9.17, 15) is 5.11 Å². The molecule has 0 saturated carbocycles. The quantitative estimate of drug-likeness (QED) is 0.896. The van der Waals surface area contributed by atoms with Gasteiger partial charge in [0.2, 0.25) is 0 Å². The highest BCUT2D eigenvalue weighted by Gasteiger charge is 2.28. The highest BCUT2D eigenvalue weighted by molar-refractivity contribution is 5.66. The molecule has 2 aromatic rings. The normalized spacial score (nSPS) is 12.8. The van der Waals surface area contributed by atoms with E-state index in [4.69, 9.17) is 0 Å². The lowest BCUT2D eigenvalue weighted by molar-refractivity contribution is 0.406. The topological polar surface area (TPSA) is 58.9 Å². The lowest BCUT2D eigenvalue weighted by atomic mass is 9.85. The number of pyridine rings is 1. The van der Waals surface area contributed by atoms with Crippen LogP contribution >= 0.6 is 0 Å². The smallest absolute Gasteiger partial charge is 0.159 e. The first-order valence-electron chi connectivity index (χ1n) is 7.79. The minimum absolute atomic E-state index is 0.198. The van der Waals surface area contributed by atoms with Crippen molar-refractivity contribution in [2.75, 3.05) is 0 Å². The zero-order valence-corrected chi connectivity index (χ0v) is 14.8. The molecule has 0 unspecified atom stereocenters. The molecule has 0 spiro atoms. The van der Waals surface area contributed by atoms with Gasteiger partial charge in [-0.25, -0.2) is 9.97 Å². The van der Waals surface area contributed by atoms with Gasteiger partial charge in [0.1, 0.15) is 0 Å². The van der Waals surface area contributed by atoms with Crippen LogP contribution in [0.5, 0.6) is 5.75 Å². The lowest BCUT2D eigenvalue weighted by Gasteiger charge is -2.25. The van der Waals surface area contributed by atoms with Crippen LogP contribution in [0.1, 0.15) is 64.3 Å². The van der Waals surface area contributed by atoms with Crippen molar-refractivity contribution in [1.29, 1.82) is 0 Å². The van der Waals surface area contributed by atoms with E-state index in [-0.39, 0.29) is 16.6 Å². The van der Waals surface area contributed by atoms with Crippen molar-refractivity contribution >= 4 is 12.2 Å². The summed E-state index contributed by atoms with van der Waals surface area (Å²) in [5.41, 5.74) is 1.80. The van der Waals surface area contributed by atoms with Gasteiger partial charge in [0.05, 0.1) is 11.4 Å². The summed E-state index contributed by atoms with van der Waals surface area (Å²) in [6.07, 6.45) is 7.31. The summed E-state index contributed by atoms with van der Waals surface area (Å²) in [6, 6.07) is 3.86. The molecule has 0 atom stereocenters. The largest absolute Gasteiger partial charge is 0.504 e. The fourth-order valence-corrected chi connectivity index (χ4v) is 2.24. The van der Waals surface area contributed by atoms with Gasteiger partial charge in [-0.3, -0.25) is 4.98 Å². The molecule has 0 aliphatic carbocycles. The molecule has 0 amide bonds. The zero-order valence-electron chi connectivity index (χ0n) is 14.8. The Morgan fingerprint density at radius 1 is 0.913 bits per heavy atom. The van der Waals surface area contributed by atoms with Gasteiger partial charge in [0.25, 0.3) is 0 Å². The van der Waals surface area contributed by atoms with Gasteiger partial charge in [-0.15, -0.1) is 0 Å². The fourth-order valence-electron chi connectivity index (χ4n) is 2.24. The third-order valence-corrected chi connectivity index (χ3v) is 3.43. The number of hydrogen-bond acceptors (Lipinski definition) is 4. The Morgan fingerprint density at radius 2 is 1.48 bits per heavy atom. The number of aromatic nitrogens is 3. The van der Waals surface area contributed by atoms with E-state index >= 15 is 0 Å². The molecule has 4 heteroatoms. The SMILES string of the molecule is CC(C)(C)c1nc(/C=C/c2cccnc2)nc(C(C)(C)C)c1O. The van der Waals surface area contributed by atoms with E-state index in [1.165, 1.54) is 0 Å². The first-order chi connectivity index (χ1) is 10.6. The van der Waals surface area contributed by atoms with Crippen molar-refractivity contribution in [3.05, 3.63) is 47.3 Å². The van der Waals surface area contributed by atoms with Gasteiger partial charge in [-0.1, -0.05) is 47.6 Å². The summed E-state index contributed by atoms with van der Waals surface area (Å²) in [6.45, 7) is 12.2. The second kappa shape index (κ2) is 6.11. The number of aromatic hydroxyl groups is 1. The maximum Gasteiger partial charge on any atom is 0.159 e. The van der Waals surface area contributed by atoms with Crippen molar-refractivity contribution < 1.29 is 5.11 Å². The minimum atomic E-state index is -0.260. The molecule has 0 fully saturated rings. The van der Waals surface area contributed by atoms with E-state index < -0.39 is 0 Å². The molecule has 122 valence electrons. The van der Waals surface area contributed by atoms with Crippen LogP contribution in [0.4, 0.5) is 0 Å². The lowest BCUT2D eigenvalue weighted by Crippen LogP contribution is -2.21. The molecule has 0 saturated heterocycles. The van der Waals surface area contributed by atoms with Crippen LogP contribution in [0.15, 0.2) is 24.5 Å². The third-order valence-electron chi connectivity index (χ3n) is 3.43. The maximum absolute atomic E-state index is 10.6. The minimum Gasteiger partial charge on any atom is -0.504 e. The monoisotopic (exact) mass is 311 g/mol. The summed E-state index contributed by atoms with van der Waals surface area (Å²) in [7, 11) is 0. The molecule has 0 bridgehead atoms. The van der Waals surface area contributed by atoms with Crippen molar-refractivity contribution in [3.63, 3.8) is 0 Å². The van der Waals surface area contributed by atoms with Gasteiger partial charge < -0.3 is 5.11 Å². The summed E-state index contributed by atoms with van der Waals surface area (Å²) in [5.74, 6) is 0.796.